The third-order valence-corrected chi connectivity index (χ3v) is 4.46. The van der Waals surface area contributed by atoms with Gasteiger partial charge in [0.15, 0.2) is 0 Å². The first-order chi connectivity index (χ1) is 13.5. The van der Waals surface area contributed by atoms with Crippen LogP contribution in [0.2, 0.25) is 0 Å². The van der Waals surface area contributed by atoms with Crippen molar-refractivity contribution < 1.29 is 9.94 Å². The minimum absolute atomic E-state index is 0.0550. The Kier molecular flexibility index (Phi) is 5.94. The van der Waals surface area contributed by atoms with E-state index in [1.165, 1.54) is 0 Å². The van der Waals surface area contributed by atoms with Gasteiger partial charge in [-0.25, -0.2) is 0 Å². The van der Waals surface area contributed by atoms with Crippen molar-refractivity contribution in [2.45, 2.75) is 33.3 Å². The Bertz CT molecular complexity index is 1020. The quantitative estimate of drug-likeness (QED) is 0.505. The smallest absolute Gasteiger partial charge is 0.268 e. The highest BCUT2D eigenvalue weighted by atomic mass is 16.6. The van der Waals surface area contributed by atoms with E-state index in [4.69, 9.17) is 4.84 Å². The van der Waals surface area contributed by atoms with E-state index in [-0.39, 0.29) is 29.4 Å². The first kappa shape index (κ1) is 19.4. The van der Waals surface area contributed by atoms with Crippen LogP contribution in [-0.4, -0.2) is 15.4 Å². The van der Waals surface area contributed by atoms with Crippen molar-refractivity contribution in [2.75, 3.05) is 0 Å². The predicted molar refractivity (Wildman–Crippen MR) is 111 cm³/mol. The van der Waals surface area contributed by atoms with Crippen LogP contribution in [0.4, 0.5) is 0 Å². The van der Waals surface area contributed by atoms with Crippen molar-refractivity contribution in [1.29, 1.82) is 0 Å². The summed E-state index contributed by atoms with van der Waals surface area (Å²) in [5.41, 5.74) is 2.60. The van der Waals surface area contributed by atoms with E-state index in [2.05, 4.69) is 5.16 Å². The van der Waals surface area contributed by atoms with Gasteiger partial charge in [0.2, 0.25) is 0 Å². The van der Waals surface area contributed by atoms with Crippen LogP contribution in [-0.2, 0) is 11.4 Å². The molecule has 0 aliphatic rings. The van der Waals surface area contributed by atoms with Gasteiger partial charge in [-0.15, -0.1) is 0 Å². The summed E-state index contributed by atoms with van der Waals surface area (Å²) in [5.74, 6) is -0.0372. The molecule has 28 heavy (non-hydrogen) atoms. The highest BCUT2D eigenvalue weighted by Crippen LogP contribution is 2.24. The number of oxime groups is 1. The molecule has 144 valence electrons. The Balaban J connectivity index is 2.01. The van der Waals surface area contributed by atoms with Gasteiger partial charge in [0.05, 0.1) is 5.71 Å². The molecule has 0 spiro atoms. The molecule has 0 atom stereocenters. The summed E-state index contributed by atoms with van der Waals surface area (Å²) in [6, 6.07) is 20.7. The molecule has 5 nitrogen and oxygen atoms in total. The van der Waals surface area contributed by atoms with Crippen molar-refractivity contribution in [3.8, 4) is 11.4 Å². The second-order valence-corrected chi connectivity index (χ2v) is 6.90. The van der Waals surface area contributed by atoms with Crippen LogP contribution in [0.5, 0.6) is 5.75 Å². The third kappa shape index (κ3) is 4.14. The van der Waals surface area contributed by atoms with Gasteiger partial charge in [-0.2, -0.15) is 0 Å². The van der Waals surface area contributed by atoms with Gasteiger partial charge >= 0.3 is 0 Å². The van der Waals surface area contributed by atoms with Crippen LogP contribution in [0.15, 0.2) is 76.7 Å². The number of pyridine rings is 1. The largest absolute Gasteiger partial charge is 0.507 e. The lowest BCUT2D eigenvalue weighted by atomic mass is 10.0. The number of hydrogen-bond acceptors (Lipinski definition) is 4. The summed E-state index contributed by atoms with van der Waals surface area (Å²) < 4.78 is 1.62. The molecule has 3 aromatic rings. The molecular weight excluding hydrogens is 352 g/mol. The summed E-state index contributed by atoms with van der Waals surface area (Å²) in [5, 5.41) is 14.6. The molecule has 0 amide bonds. The second kappa shape index (κ2) is 8.57. The Morgan fingerprint density at radius 2 is 1.68 bits per heavy atom. The molecule has 0 aliphatic carbocycles. The van der Waals surface area contributed by atoms with Crippen LogP contribution < -0.4 is 5.56 Å². The Hall–Kier alpha value is -3.34. The first-order valence-corrected chi connectivity index (χ1v) is 9.24. The lowest BCUT2D eigenvalue weighted by molar-refractivity contribution is 0.130. The maximum absolute atomic E-state index is 13.3. The lowest BCUT2D eigenvalue weighted by Gasteiger charge is -2.18. The molecule has 0 saturated heterocycles. The number of para-hydroxylation sites is 1. The molecule has 0 radical (unpaired) electrons. The van der Waals surface area contributed by atoms with Gasteiger partial charge in [0, 0.05) is 17.4 Å². The molecular formula is C23H24N2O3. The number of aromatic hydroxyl groups is 1. The highest BCUT2D eigenvalue weighted by Gasteiger charge is 2.19. The average molecular weight is 376 g/mol. The molecule has 0 unspecified atom stereocenters. The molecule has 1 heterocycles. The third-order valence-electron chi connectivity index (χ3n) is 4.46. The van der Waals surface area contributed by atoms with Crippen LogP contribution in [0, 0.1) is 0 Å². The summed E-state index contributed by atoms with van der Waals surface area (Å²) in [4.78, 5) is 18.7. The van der Waals surface area contributed by atoms with Crippen molar-refractivity contribution in [1.82, 2.24) is 4.57 Å². The van der Waals surface area contributed by atoms with E-state index in [0.29, 0.717) is 5.71 Å². The van der Waals surface area contributed by atoms with Gasteiger partial charge < -0.3 is 9.94 Å². The van der Waals surface area contributed by atoms with E-state index in [9.17, 15) is 9.90 Å². The fourth-order valence-electron chi connectivity index (χ4n) is 3.05. The monoisotopic (exact) mass is 376 g/mol. The van der Waals surface area contributed by atoms with Crippen LogP contribution in [0.3, 0.4) is 0 Å². The van der Waals surface area contributed by atoms with Crippen molar-refractivity contribution in [2.24, 2.45) is 5.16 Å². The van der Waals surface area contributed by atoms with Gasteiger partial charge in [-0.05, 0) is 30.5 Å². The van der Waals surface area contributed by atoms with Crippen molar-refractivity contribution in [3.63, 3.8) is 0 Å². The minimum Gasteiger partial charge on any atom is -0.507 e. The lowest BCUT2D eigenvalue weighted by Crippen LogP contribution is -2.28. The molecule has 0 saturated carbocycles. The minimum atomic E-state index is -0.320. The van der Waals surface area contributed by atoms with E-state index < -0.39 is 0 Å². The van der Waals surface area contributed by atoms with Gasteiger partial charge in [0.25, 0.3) is 5.56 Å². The molecule has 0 bridgehead atoms. The maximum atomic E-state index is 13.3. The van der Waals surface area contributed by atoms with Crippen LogP contribution in [0.25, 0.3) is 5.69 Å². The average Bonchev–Trinajstić information content (AvgIpc) is 2.69. The topological polar surface area (TPSA) is 63.8 Å². The number of benzene rings is 2. The Labute approximate surface area is 164 Å². The van der Waals surface area contributed by atoms with Gasteiger partial charge in [0.1, 0.15) is 17.9 Å². The first-order valence-electron chi connectivity index (χ1n) is 9.24. The SMILES string of the molecule is C/C(=N/OCc1ccccc1)c1c(O)cc(C(C)C)n(-c2ccccc2)c1=O. The normalized spacial score (nSPS) is 11.6. The zero-order valence-electron chi connectivity index (χ0n) is 16.3. The van der Waals surface area contributed by atoms with E-state index >= 15 is 0 Å². The maximum Gasteiger partial charge on any atom is 0.268 e. The zero-order valence-corrected chi connectivity index (χ0v) is 16.3. The van der Waals surface area contributed by atoms with E-state index in [0.717, 1.165) is 16.9 Å². The fourth-order valence-corrected chi connectivity index (χ4v) is 3.05. The standard InChI is InChI=1S/C23H24N2O3/c1-16(2)20-14-21(26)22(23(27)25(20)19-12-8-5-9-13-19)17(3)24-28-15-18-10-6-4-7-11-18/h4-14,16,26H,15H2,1-3H3/b24-17-. The molecule has 0 fully saturated rings. The zero-order chi connectivity index (χ0) is 20.1. The van der Waals surface area contributed by atoms with Crippen molar-refractivity contribution >= 4 is 5.71 Å². The number of nitrogens with zero attached hydrogens (tertiary/aromatic N) is 2. The van der Waals surface area contributed by atoms with Crippen LogP contribution in [0.1, 0.15) is 43.5 Å². The molecule has 1 aromatic heterocycles. The second-order valence-electron chi connectivity index (χ2n) is 6.90. The molecule has 1 N–H and O–H groups in total. The number of aromatic nitrogens is 1. The van der Waals surface area contributed by atoms with E-state index in [1.54, 1.807) is 17.6 Å². The van der Waals surface area contributed by atoms with Gasteiger partial charge in [-0.3, -0.25) is 9.36 Å². The van der Waals surface area contributed by atoms with Crippen LogP contribution >= 0.6 is 0 Å². The summed E-state index contributed by atoms with van der Waals surface area (Å²) in [6.45, 7) is 5.91. The molecule has 0 aliphatic heterocycles. The summed E-state index contributed by atoms with van der Waals surface area (Å²) in [7, 11) is 0. The summed E-state index contributed by atoms with van der Waals surface area (Å²) >= 11 is 0. The molecule has 5 heteroatoms. The highest BCUT2D eigenvalue weighted by molar-refractivity contribution is 6.00. The fraction of sp³-hybridized carbons (Fsp3) is 0.217. The molecule has 2 aromatic carbocycles. The predicted octanol–water partition coefficient (Wildman–Crippen LogP) is 4.61. The summed E-state index contributed by atoms with van der Waals surface area (Å²) in [6.07, 6.45) is 0. The Morgan fingerprint density at radius 1 is 1.07 bits per heavy atom. The van der Waals surface area contributed by atoms with E-state index in [1.807, 2.05) is 74.5 Å². The number of hydrogen-bond donors (Lipinski definition) is 1. The van der Waals surface area contributed by atoms with Crippen molar-refractivity contribution in [3.05, 3.63) is 93.9 Å². The van der Waals surface area contributed by atoms with Gasteiger partial charge in [-0.1, -0.05) is 67.5 Å². The molecule has 3 rings (SSSR count). The number of rotatable bonds is 6. The Morgan fingerprint density at radius 3 is 2.29 bits per heavy atom.